The van der Waals surface area contributed by atoms with Gasteiger partial charge in [-0.3, -0.25) is 43.6 Å². The molecule has 21 heteroatoms. The minimum absolute atomic E-state index is 0.0726. The van der Waals surface area contributed by atoms with Crippen LogP contribution in [-0.4, -0.2) is 131 Å². The first-order valence-electron chi connectivity index (χ1n) is 25.8. The molecule has 7 heterocycles. The Morgan fingerprint density at radius 3 is 2.48 bits per heavy atom. The lowest BCUT2D eigenvalue weighted by molar-refractivity contribution is -0.136. The number of urea groups is 1. The van der Waals surface area contributed by atoms with Gasteiger partial charge in [-0.2, -0.15) is 10.2 Å². The Balaban J connectivity index is 0.676. The van der Waals surface area contributed by atoms with Crippen LogP contribution >= 0.6 is 0 Å². The normalized spacial score (nSPS) is 18.0. The van der Waals surface area contributed by atoms with E-state index in [4.69, 9.17) is 14.6 Å². The van der Waals surface area contributed by atoms with Gasteiger partial charge in [-0.15, -0.1) is 0 Å². The summed E-state index contributed by atoms with van der Waals surface area (Å²) >= 11 is 0. The highest BCUT2D eigenvalue weighted by Crippen LogP contribution is 2.44. The molecule has 0 spiro atoms. The van der Waals surface area contributed by atoms with Crippen LogP contribution in [0.4, 0.5) is 30.8 Å². The van der Waals surface area contributed by atoms with Gasteiger partial charge in [0.15, 0.2) is 5.82 Å². The van der Waals surface area contributed by atoms with E-state index < -0.39 is 36.1 Å². The van der Waals surface area contributed by atoms with Crippen LogP contribution < -0.4 is 26.2 Å². The van der Waals surface area contributed by atoms with E-state index in [0.717, 1.165) is 97.4 Å². The van der Waals surface area contributed by atoms with Crippen LogP contribution in [0.2, 0.25) is 0 Å². The fourth-order valence-corrected chi connectivity index (χ4v) is 10.6. The monoisotopic (exact) mass is 1010 g/mol. The van der Waals surface area contributed by atoms with Gasteiger partial charge in [0, 0.05) is 112 Å². The summed E-state index contributed by atoms with van der Waals surface area (Å²) in [6, 6.07) is 7.48. The lowest BCUT2D eigenvalue weighted by atomic mass is 9.92. The molecule has 5 aliphatic heterocycles. The zero-order valence-electron chi connectivity index (χ0n) is 41.4. The third kappa shape index (κ3) is 11.6. The minimum atomic E-state index is -2.74. The van der Waals surface area contributed by atoms with Crippen molar-refractivity contribution < 1.29 is 47.0 Å². The zero-order valence-corrected chi connectivity index (χ0v) is 41.4. The summed E-state index contributed by atoms with van der Waals surface area (Å²) < 4.78 is 45.1. The van der Waals surface area contributed by atoms with Crippen LogP contribution in [0.1, 0.15) is 133 Å². The molecule has 0 saturated carbocycles. The lowest BCUT2D eigenvalue weighted by Gasteiger charge is -2.33. The second-order valence-corrected chi connectivity index (χ2v) is 19.3. The largest absolute Gasteiger partial charge is 0.385 e. The van der Waals surface area contributed by atoms with Crippen molar-refractivity contribution in [2.24, 2.45) is 0 Å². The van der Waals surface area contributed by atoms with Crippen molar-refractivity contribution in [2.45, 2.75) is 121 Å². The number of anilines is 3. The number of aromatic nitrogens is 4. The predicted molar refractivity (Wildman–Crippen MR) is 266 cm³/mol. The molecule has 5 aliphatic rings. The number of rotatable bonds is 21. The van der Waals surface area contributed by atoms with Gasteiger partial charge in [-0.05, 0) is 86.4 Å². The molecule has 4 aromatic rings. The van der Waals surface area contributed by atoms with Crippen molar-refractivity contribution in [3.8, 4) is 11.1 Å². The third-order valence-corrected chi connectivity index (χ3v) is 14.5. The van der Waals surface area contributed by atoms with Crippen molar-refractivity contribution in [3.05, 3.63) is 76.2 Å². The van der Waals surface area contributed by atoms with Crippen LogP contribution in [0.15, 0.2) is 42.7 Å². The summed E-state index contributed by atoms with van der Waals surface area (Å²) in [5.41, 5.74) is 5.84. The molecule has 19 nitrogen and oxygen atoms in total. The molecule has 0 radical (unpaired) electrons. The van der Waals surface area contributed by atoms with Crippen LogP contribution in [0, 0.1) is 0 Å². The molecule has 7 amide bonds. The second-order valence-electron chi connectivity index (χ2n) is 19.3. The number of aryl methyl sites for hydroxylation is 1. The molecule has 9 rings (SSSR count). The van der Waals surface area contributed by atoms with Gasteiger partial charge in [0.2, 0.25) is 17.7 Å². The number of fused-ring (bicyclic) bond motifs is 3. The summed E-state index contributed by atoms with van der Waals surface area (Å²) in [7, 11) is 1.62. The number of hydrogen-bond donors (Lipinski definition) is 4. The molecule has 1 unspecified atom stereocenters. The number of amides is 7. The number of carbonyl (C=O) groups is 6. The number of piperidine rings is 1. The van der Waals surface area contributed by atoms with E-state index in [1.807, 2.05) is 6.07 Å². The first-order valence-corrected chi connectivity index (χ1v) is 25.8. The van der Waals surface area contributed by atoms with E-state index in [-0.39, 0.29) is 53.9 Å². The molecule has 2 aromatic carbocycles. The second kappa shape index (κ2) is 23.4. The predicted octanol–water partition coefficient (Wildman–Crippen LogP) is 6.19. The van der Waals surface area contributed by atoms with E-state index >= 15 is 0 Å². The molecule has 1 atom stereocenters. The van der Waals surface area contributed by atoms with Gasteiger partial charge >= 0.3 is 6.03 Å². The smallest absolute Gasteiger partial charge is 0.317 e. The molecule has 2 aromatic heterocycles. The first-order chi connectivity index (χ1) is 35.5. The summed E-state index contributed by atoms with van der Waals surface area (Å²) in [5.74, 6) is -1.52. The average molecular weight is 1010 g/mol. The molecule has 2 saturated heterocycles. The average Bonchev–Trinajstić information content (AvgIpc) is 4.10. The standard InChI is InChI=1S/C52H65F2N11O8/c1-55-52(71)61-21-14-42-41(32-61)48(60-65(42)36-15-24-73-25-16-36)63-20-8-9-33-27-38(39(47(53)54)29-44(33)63)34-30-58-62(31-34)22-19-57-45(66)17-26-72-23-7-5-3-2-4-6-18-56-35-10-11-37-40(28-35)51(70)64(50(37)69)43-12-13-46(67)59-49(43)68/h10-11,27-31,36,43,47,56H,2-9,12-26,32H2,1H3,(H,55,71)(H,57,66)(H,59,67,68). The SMILES string of the molecule is CNC(=O)N1CCc2c(c(N3CCCc4cc(-c5cnn(CCNC(=O)CCOCCCCCCCCNc6ccc7c(c6)C(=O)N(C6CCC(=O)NC6=O)C7=O)c5)c(C(F)F)cc43)nn2C2CCOCC2)C1. The van der Waals surface area contributed by atoms with Crippen LogP contribution in [-0.2, 0) is 49.8 Å². The van der Waals surface area contributed by atoms with E-state index in [1.54, 1.807) is 53.3 Å². The topological polar surface area (TPSA) is 214 Å². The van der Waals surface area contributed by atoms with Crippen molar-refractivity contribution in [2.75, 3.05) is 69.9 Å². The molecule has 2 fully saturated rings. The highest BCUT2D eigenvalue weighted by atomic mass is 19.3. The van der Waals surface area contributed by atoms with Gasteiger partial charge in [0.05, 0.1) is 43.1 Å². The highest BCUT2D eigenvalue weighted by Gasteiger charge is 2.45. The van der Waals surface area contributed by atoms with Crippen LogP contribution in [0.25, 0.3) is 11.1 Å². The maximum absolute atomic E-state index is 15.0. The Hall–Kier alpha value is -6.74. The summed E-state index contributed by atoms with van der Waals surface area (Å²) in [6.45, 7) is 5.12. The Bertz CT molecular complexity index is 2700. The minimum Gasteiger partial charge on any atom is -0.385 e. The van der Waals surface area contributed by atoms with Gasteiger partial charge in [0.1, 0.15) is 6.04 Å². The first kappa shape index (κ1) is 51.2. The third-order valence-electron chi connectivity index (χ3n) is 14.5. The Kier molecular flexibility index (Phi) is 16.4. The fourth-order valence-electron chi connectivity index (χ4n) is 10.6. The molecular formula is C52H65F2N11O8. The number of halogens is 2. The van der Waals surface area contributed by atoms with Crippen molar-refractivity contribution >= 4 is 52.8 Å². The van der Waals surface area contributed by atoms with E-state index in [9.17, 15) is 37.5 Å². The van der Waals surface area contributed by atoms with E-state index in [0.29, 0.717) is 88.9 Å². The number of nitrogens with zero attached hydrogens (tertiary/aromatic N) is 7. The molecule has 4 N–H and O–H groups in total. The molecule has 390 valence electrons. The number of unbranched alkanes of at least 4 members (excludes halogenated alkanes) is 5. The van der Waals surface area contributed by atoms with E-state index in [2.05, 4.69) is 35.9 Å². The maximum Gasteiger partial charge on any atom is 0.317 e. The fraction of sp³-hybridized carbons (Fsp3) is 0.538. The van der Waals surface area contributed by atoms with Crippen molar-refractivity contribution in [1.82, 2.24) is 45.3 Å². The van der Waals surface area contributed by atoms with Gasteiger partial charge in [-0.25, -0.2) is 13.6 Å². The maximum atomic E-state index is 15.0. The van der Waals surface area contributed by atoms with E-state index in [1.165, 1.54) is 0 Å². The van der Waals surface area contributed by atoms with Crippen LogP contribution in [0.5, 0.6) is 0 Å². The van der Waals surface area contributed by atoms with Crippen molar-refractivity contribution in [1.29, 1.82) is 0 Å². The molecule has 0 aliphatic carbocycles. The molecular weight excluding hydrogens is 945 g/mol. The summed E-state index contributed by atoms with van der Waals surface area (Å²) in [4.78, 5) is 80.1. The molecule has 73 heavy (non-hydrogen) atoms. The summed E-state index contributed by atoms with van der Waals surface area (Å²) in [5, 5.41) is 20.8. The number of ether oxygens (including phenoxy) is 2. The number of benzene rings is 2. The Morgan fingerprint density at radius 1 is 0.890 bits per heavy atom. The number of nitrogens with one attached hydrogen (secondary N) is 4. The number of imide groups is 2. The molecule has 0 bridgehead atoms. The highest BCUT2D eigenvalue weighted by molar-refractivity contribution is 6.23. The Morgan fingerprint density at radius 2 is 1.68 bits per heavy atom. The summed E-state index contributed by atoms with van der Waals surface area (Å²) in [6.07, 6.45) is 10.8. The van der Waals surface area contributed by atoms with Crippen molar-refractivity contribution in [3.63, 3.8) is 0 Å². The quantitative estimate of drug-likeness (QED) is 0.0543. The van der Waals surface area contributed by atoms with Gasteiger partial charge < -0.3 is 35.2 Å². The number of alkyl halides is 2. The zero-order chi connectivity index (χ0) is 51.0. The van der Waals surface area contributed by atoms with Gasteiger partial charge in [0.25, 0.3) is 18.2 Å². The Labute approximate surface area is 422 Å². The van der Waals surface area contributed by atoms with Gasteiger partial charge in [-0.1, -0.05) is 25.7 Å². The lowest BCUT2D eigenvalue weighted by Crippen LogP contribution is -2.54. The number of hydrogen-bond acceptors (Lipinski definition) is 12. The van der Waals surface area contributed by atoms with Crippen LogP contribution in [0.3, 0.4) is 0 Å². The number of carbonyl (C=O) groups excluding carboxylic acids is 6.